The van der Waals surface area contributed by atoms with Gasteiger partial charge in [0.25, 0.3) is 0 Å². The zero-order chi connectivity index (χ0) is 18.6. The standard InChI is InChI=1S/C21H40BrPS2/c1-5-9-15-23(22,16-10-6-2,17-11-7-3)19-20-13-14-21(25-20)24-18-12-8-4/h13-14H,5-12,15-19H2,1-4H3. The van der Waals surface area contributed by atoms with E-state index in [2.05, 4.69) is 78.4 Å². The van der Waals surface area contributed by atoms with E-state index in [-0.39, 0.29) is 0 Å². The molecule has 25 heavy (non-hydrogen) atoms. The van der Waals surface area contributed by atoms with Crippen molar-refractivity contribution in [3.8, 4) is 0 Å². The van der Waals surface area contributed by atoms with Gasteiger partial charge in [0.2, 0.25) is 0 Å². The third-order valence-electron chi connectivity index (χ3n) is 5.14. The molecule has 148 valence electrons. The summed E-state index contributed by atoms with van der Waals surface area (Å²) in [5.74, 6) is 1.27. The molecule has 0 aliphatic heterocycles. The molecule has 0 aliphatic rings. The van der Waals surface area contributed by atoms with Crippen LogP contribution in [0.3, 0.4) is 0 Å². The van der Waals surface area contributed by atoms with E-state index >= 15 is 0 Å². The van der Waals surface area contributed by atoms with E-state index in [0.717, 1.165) is 0 Å². The van der Waals surface area contributed by atoms with Gasteiger partial charge < -0.3 is 0 Å². The van der Waals surface area contributed by atoms with E-state index in [1.165, 1.54) is 86.0 Å². The van der Waals surface area contributed by atoms with Gasteiger partial charge in [0, 0.05) is 0 Å². The Morgan fingerprint density at radius 1 is 0.840 bits per heavy atom. The van der Waals surface area contributed by atoms with Crippen LogP contribution in [0.15, 0.2) is 16.3 Å². The Balaban J connectivity index is 2.92. The molecule has 1 heterocycles. The molecule has 0 bridgehead atoms. The maximum atomic E-state index is 4.54. The SMILES string of the molecule is CCCCSc1ccc(CP(Br)(CCCC)(CCCC)CCCC)s1. The van der Waals surface area contributed by atoms with Gasteiger partial charge >= 0.3 is 175 Å². The number of halogens is 1. The van der Waals surface area contributed by atoms with E-state index in [4.69, 9.17) is 0 Å². The number of unbranched alkanes of at least 4 members (excludes halogenated alkanes) is 4. The monoisotopic (exact) mass is 466 g/mol. The molecular weight excluding hydrogens is 427 g/mol. The van der Waals surface area contributed by atoms with Gasteiger partial charge in [0.05, 0.1) is 0 Å². The molecule has 1 aromatic heterocycles. The van der Waals surface area contributed by atoms with Crippen molar-refractivity contribution in [1.82, 2.24) is 0 Å². The van der Waals surface area contributed by atoms with Crippen LogP contribution in [0.25, 0.3) is 0 Å². The molecule has 0 radical (unpaired) electrons. The quantitative estimate of drug-likeness (QED) is 0.141. The van der Waals surface area contributed by atoms with E-state index < -0.39 is 5.31 Å². The number of thiophene rings is 1. The van der Waals surface area contributed by atoms with Gasteiger partial charge in [0.15, 0.2) is 0 Å². The number of hydrogen-bond acceptors (Lipinski definition) is 2. The minimum absolute atomic E-state index is 1.27. The van der Waals surface area contributed by atoms with Crippen molar-refractivity contribution in [1.29, 1.82) is 0 Å². The third-order valence-corrected chi connectivity index (χ3v) is 17.1. The van der Waals surface area contributed by atoms with Crippen LogP contribution in [0.2, 0.25) is 0 Å². The van der Waals surface area contributed by atoms with Crippen molar-refractivity contribution in [2.24, 2.45) is 0 Å². The van der Waals surface area contributed by atoms with Crippen molar-refractivity contribution < 1.29 is 0 Å². The summed E-state index contributed by atoms with van der Waals surface area (Å²) in [4.78, 5) is 1.64. The fourth-order valence-electron chi connectivity index (χ4n) is 3.46. The first-order valence-corrected chi connectivity index (χ1v) is 17.2. The van der Waals surface area contributed by atoms with Gasteiger partial charge in [-0.2, -0.15) is 0 Å². The van der Waals surface area contributed by atoms with E-state index in [0.29, 0.717) is 0 Å². The molecule has 4 heteroatoms. The second kappa shape index (κ2) is 12.4. The predicted octanol–water partition coefficient (Wildman–Crippen LogP) is 9.40. The topological polar surface area (TPSA) is 0 Å². The molecule has 0 saturated heterocycles. The van der Waals surface area contributed by atoms with Crippen molar-refractivity contribution in [3.05, 3.63) is 17.0 Å². The zero-order valence-corrected chi connectivity index (χ0v) is 21.1. The van der Waals surface area contributed by atoms with Gasteiger partial charge in [-0.3, -0.25) is 0 Å². The first-order chi connectivity index (χ1) is 12.0. The van der Waals surface area contributed by atoms with Crippen LogP contribution in [0.5, 0.6) is 0 Å². The second-order valence-corrected chi connectivity index (χ2v) is 21.5. The summed E-state index contributed by atoms with van der Waals surface area (Å²) in [5.41, 5.74) is 0. The summed E-state index contributed by atoms with van der Waals surface area (Å²) < 4.78 is 1.53. The molecule has 0 N–H and O–H groups in total. The Morgan fingerprint density at radius 2 is 1.36 bits per heavy atom. The molecule has 0 unspecified atom stereocenters. The van der Waals surface area contributed by atoms with E-state index in [1.54, 1.807) is 4.88 Å². The Bertz CT molecular complexity index is 448. The van der Waals surface area contributed by atoms with Gasteiger partial charge in [-0.05, 0) is 0 Å². The fraction of sp³-hybridized carbons (Fsp3) is 0.810. The summed E-state index contributed by atoms with van der Waals surface area (Å²) in [7, 11) is 0. The van der Waals surface area contributed by atoms with Gasteiger partial charge in [-0.25, -0.2) is 0 Å². The van der Waals surface area contributed by atoms with Crippen molar-refractivity contribution in [2.75, 3.05) is 24.2 Å². The average Bonchev–Trinajstić information content (AvgIpc) is 3.04. The summed E-state index contributed by atoms with van der Waals surface area (Å²) >= 11 is 8.67. The first kappa shape index (κ1) is 24.0. The molecule has 0 aliphatic carbocycles. The molecule has 0 saturated carbocycles. The number of rotatable bonds is 15. The van der Waals surface area contributed by atoms with Gasteiger partial charge in [0.1, 0.15) is 0 Å². The molecule has 0 amide bonds. The van der Waals surface area contributed by atoms with Crippen molar-refractivity contribution >= 4 is 43.9 Å². The van der Waals surface area contributed by atoms with E-state index in [1.807, 2.05) is 0 Å². The number of hydrogen-bond donors (Lipinski definition) is 0. The summed E-state index contributed by atoms with van der Waals surface area (Å²) in [5, 5.41) is -1.80. The van der Waals surface area contributed by atoms with Crippen LogP contribution in [0.4, 0.5) is 0 Å². The van der Waals surface area contributed by atoms with E-state index in [9.17, 15) is 0 Å². The van der Waals surface area contributed by atoms with Crippen molar-refractivity contribution in [3.63, 3.8) is 0 Å². The molecule has 0 atom stereocenters. The molecule has 1 aromatic rings. The van der Waals surface area contributed by atoms with Gasteiger partial charge in [-0.1, -0.05) is 0 Å². The Labute approximate surface area is 174 Å². The third kappa shape index (κ3) is 8.67. The fourth-order valence-corrected chi connectivity index (χ4v) is 15.8. The molecule has 0 fully saturated rings. The minimum atomic E-state index is -1.80. The van der Waals surface area contributed by atoms with Crippen LogP contribution in [0.1, 0.15) is 83.9 Å². The van der Waals surface area contributed by atoms with Crippen LogP contribution in [-0.2, 0) is 6.16 Å². The first-order valence-electron chi connectivity index (χ1n) is 10.4. The van der Waals surface area contributed by atoms with Crippen LogP contribution in [-0.4, -0.2) is 24.2 Å². The molecular formula is C21H40BrPS2. The predicted molar refractivity (Wildman–Crippen MR) is 129 cm³/mol. The molecule has 1 rings (SSSR count). The Kier molecular flexibility index (Phi) is 11.9. The Hall–Kier alpha value is 0.960. The molecule has 0 aromatic carbocycles. The van der Waals surface area contributed by atoms with Crippen LogP contribution in [0, 0.1) is 0 Å². The second-order valence-electron chi connectivity index (χ2n) is 7.63. The summed E-state index contributed by atoms with van der Waals surface area (Å²) in [6.45, 7) is 9.33. The molecule has 0 spiro atoms. The zero-order valence-electron chi connectivity index (χ0n) is 17.0. The normalized spacial score (nSPS) is 13.7. The Morgan fingerprint density at radius 3 is 1.84 bits per heavy atom. The van der Waals surface area contributed by atoms with Crippen LogP contribution < -0.4 is 0 Å². The summed E-state index contributed by atoms with van der Waals surface area (Å²) in [6, 6.07) is 4.82. The average molecular weight is 468 g/mol. The summed E-state index contributed by atoms with van der Waals surface area (Å²) in [6.07, 6.45) is 16.4. The van der Waals surface area contributed by atoms with Gasteiger partial charge in [-0.15, -0.1) is 0 Å². The maximum absolute atomic E-state index is 4.54. The van der Waals surface area contributed by atoms with Crippen LogP contribution >= 0.6 is 43.9 Å². The number of thioether (sulfide) groups is 1. The molecule has 0 nitrogen and oxygen atoms in total. The van der Waals surface area contributed by atoms with Crippen molar-refractivity contribution in [2.45, 2.75) is 89.4 Å².